The van der Waals surface area contributed by atoms with Gasteiger partial charge in [0.1, 0.15) is 11.8 Å². The molecule has 1 unspecified atom stereocenters. The van der Waals surface area contributed by atoms with Crippen molar-refractivity contribution in [1.29, 1.82) is 0 Å². The van der Waals surface area contributed by atoms with Crippen molar-refractivity contribution in [3.8, 4) is 5.75 Å². The minimum atomic E-state index is -2.10. The number of carbonyl (C=O) groups is 4. The zero-order valence-corrected chi connectivity index (χ0v) is 22.9. The van der Waals surface area contributed by atoms with Crippen molar-refractivity contribution >= 4 is 23.7 Å². The van der Waals surface area contributed by atoms with E-state index in [0.717, 1.165) is 6.42 Å². The molecule has 2 aromatic rings. The molecule has 0 aromatic carbocycles. The summed E-state index contributed by atoms with van der Waals surface area (Å²) in [5.74, 6) is -14.3. The lowest BCUT2D eigenvalue weighted by Gasteiger charge is -2.37. The van der Waals surface area contributed by atoms with E-state index in [-0.39, 0.29) is 5.92 Å². The second-order valence-electron chi connectivity index (χ2n) is 10.6. The highest BCUT2D eigenvalue weighted by Gasteiger charge is 2.43. The van der Waals surface area contributed by atoms with Crippen LogP contribution in [0.3, 0.4) is 0 Å². The van der Waals surface area contributed by atoms with Gasteiger partial charge in [0.25, 0.3) is 17.8 Å². The van der Waals surface area contributed by atoms with E-state index in [1.165, 1.54) is 32.2 Å². The molecule has 1 saturated carbocycles. The molecule has 1 aliphatic heterocycles. The number of amides is 3. The molecule has 4 rings (SSSR count). The molecule has 43 heavy (non-hydrogen) atoms. The van der Waals surface area contributed by atoms with E-state index in [2.05, 4.69) is 25.9 Å². The lowest BCUT2D eigenvalue weighted by molar-refractivity contribution is -0.169. The van der Waals surface area contributed by atoms with E-state index in [9.17, 15) is 47.0 Å². The smallest absolute Gasteiger partial charge is 0.312 e. The average molecular weight is 612 g/mol. The van der Waals surface area contributed by atoms with E-state index in [1.807, 2.05) is 0 Å². The molecule has 1 aliphatic carbocycles. The third kappa shape index (κ3) is 6.68. The van der Waals surface area contributed by atoms with Crippen LogP contribution < -0.4 is 16.0 Å². The minimum Gasteiger partial charge on any atom is -0.505 e. The number of hydrogen-bond acceptors (Lipinski definition) is 9. The van der Waals surface area contributed by atoms with Gasteiger partial charge in [-0.1, -0.05) is 6.42 Å². The Morgan fingerprint density at radius 2 is 1.77 bits per heavy atom. The summed E-state index contributed by atoms with van der Waals surface area (Å²) in [5.41, 5.74) is -1.60. The molecule has 12 nitrogen and oxygen atoms in total. The molecule has 2 fully saturated rings. The fraction of sp³-hybridized carbons (Fsp3) is 0.481. The van der Waals surface area contributed by atoms with Crippen LogP contribution in [0.4, 0.5) is 17.6 Å². The fourth-order valence-electron chi connectivity index (χ4n) is 4.86. The topological polar surface area (TPSA) is 180 Å². The predicted molar refractivity (Wildman–Crippen MR) is 137 cm³/mol. The lowest BCUT2D eigenvalue weighted by atomic mass is 9.80. The van der Waals surface area contributed by atoms with Gasteiger partial charge >= 0.3 is 5.97 Å². The highest BCUT2D eigenvalue weighted by Crippen LogP contribution is 2.32. The Bertz CT molecular complexity index is 1430. The number of halogens is 4. The van der Waals surface area contributed by atoms with Crippen molar-refractivity contribution in [3.05, 3.63) is 53.1 Å². The number of aliphatic hydroxyl groups is 1. The molecular formula is C27H29F4N5O7. The molecule has 2 aromatic heterocycles. The summed E-state index contributed by atoms with van der Waals surface area (Å²) >= 11 is 0. The second-order valence-corrected chi connectivity index (χ2v) is 10.6. The van der Waals surface area contributed by atoms with E-state index in [1.54, 1.807) is 0 Å². The summed E-state index contributed by atoms with van der Waals surface area (Å²) in [6, 6.07) is -2.12. The highest BCUT2D eigenvalue weighted by atomic mass is 19.2. The number of aromatic nitrogens is 2. The monoisotopic (exact) mass is 611 g/mol. The number of nitrogens with one attached hydrogen (secondary N) is 3. The first-order chi connectivity index (χ1) is 20.3. The zero-order valence-electron chi connectivity index (χ0n) is 22.9. The number of aromatic hydroxyl groups is 1. The third-order valence-electron chi connectivity index (χ3n) is 7.65. The molecule has 0 bridgehead atoms. The van der Waals surface area contributed by atoms with E-state index >= 15 is 0 Å². The first-order valence-corrected chi connectivity index (χ1v) is 13.4. The van der Waals surface area contributed by atoms with Gasteiger partial charge in [0.15, 0.2) is 17.6 Å². The Hall–Kier alpha value is -4.34. The Morgan fingerprint density at radius 3 is 2.40 bits per heavy atom. The van der Waals surface area contributed by atoms with E-state index in [0.29, 0.717) is 12.8 Å². The van der Waals surface area contributed by atoms with Gasteiger partial charge in [-0.05, 0) is 38.8 Å². The molecule has 232 valence electrons. The fourth-order valence-corrected chi connectivity index (χ4v) is 4.86. The van der Waals surface area contributed by atoms with Crippen LogP contribution in [0.1, 0.15) is 49.2 Å². The van der Waals surface area contributed by atoms with E-state index in [4.69, 9.17) is 4.74 Å². The molecule has 3 heterocycles. The third-order valence-corrected chi connectivity index (χ3v) is 7.65. The molecule has 2 aliphatic rings. The quantitative estimate of drug-likeness (QED) is 0.186. The van der Waals surface area contributed by atoms with Crippen LogP contribution in [0.5, 0.6) is 5.75 Å². The summed E-state index contributed by atoms with van der Waals surface area (Å²) in [7, 11) is 0. The summed E-state index contributed by atoms with van der Waals surface area (Å²) in [6.45, 7) is 2.51. The molecule has 16 heteroatoms. The first kappa shape index (κ1) is 31.6. The second kappa shape index (κ2) is 12.9. The minimum absolute atomic E-state index is 0.372. The molecule has 1 saturated heterocycles. The normalized spacial score (nSPS) is 27.1. The van der Waals surface area contributed by atoms with Gasteiger partial charge in [0.2, 0.25) is 17.7 Å². The zero-order chi connectivity index (χ0) is 31.6. The van der Waals surface area contributed by atoms with Crippen LogP contribution in [0.15, 0.2) is 18.3 Å². The Labute approximate surface area is 242 Å². The number of aliphatic hydroxyl groups excluding tert-OH is 1. The van der Waals surface area contributed by atoms with Crippen LogP contribution in [0.2, 0.25) is 0 Å². The highest BCUT2D eigenvalue weighted by molar-refractivity contribution is 5.98. The molecule has 0 radical (unpaired) electrons. The van der Waals surface area contributed by atoms with E-state index < -0.39 is 107 Å². The molecule has 3 amide bonds. The van der Waals surface area contributed by atoms with Gasteiger partial charge < -0.3 is 30.9 Å². The summed E-state index contributed by atoms with van der Waals surface area (Å²) in [6.07, 6.45) is -1.23. The number of nitrogens with zero attached hydrogens (tertiary/aromatic N) is 2. The Morgan fingerprint density at radius 1 is 1.07 bits per heavy atom. The molecule has 6 atom stereocenters. The van der Waals surface area contributed by atoms with Crippen molar-refractivity contribution in [1.82, 2.24) is 25.9 Å². The largest absolute Gasteiger partial charge is 0.505 e. The SMILES string of the molecule is C[C@H]1NC(=O)C(C2CCC2)OC(=O)[C@H](C)[C@H](O)[C@H](Cc2c(F)nc(F)c(F)c2F)NC(=O)[C@H]1NC(=O)c1ncccc1O. The van der Waals surface area contributed by atoms with Crippen molar-refractivity contribution in [2.45, 2.75) is 69.9 Å². The van der Waals surface area contributed by atoms with Gasteiger partial charge in [-0.15, -0.1) is 0 Å². The van der Waals surface area contributed by atoms with Gasteiger partial charge in [0, 0.05) is 24.1 Å². The predicted octanol–water partition coefficient (Wildman–Crippen LogP) is 0.792. The lowest BCUT2D eigenvalue weighted by Crippen LogP contribution is -2.63. The van der Waals surface area contributed by atoms with Crippen molar-refractivity contribution < 1.29 is 51.7 Å². The van der Waals surface area contributed by atoms with Crippen molar-refractivity contribution in [2.24, 2.45) is 11.8 Å². The maximum atomic E-state index is 14.6. The number of esters is 1. The molecule has 0 spiro atoms. The van der Waals surface area contributed by atoms with Crippen molar-refractivity contribution in [2.75, 3.05) is 0 Å². The summed E-state index contributed by atoms with van der Waals surface area (Å²) in [5, 5.41) is 28.3. The summed E-state index contributed by atoms with van der Waals surface area (Å²) in [4.78, 5) is 59.2. The van der Waals surface area contributed by atoms with Gasteiger partial charge in [-0.3, -0.25) is 19.2 Å². The molecule has 5 N–H and O–H groups in total. The standard InChI is InChI=1S/C27H29F4N5O7/c1-10-20(38)14(9-13-16(28)17(29)23(31)36-22(13)30)34-24(39)18(35-25(40)19-15(37)7-4-8-32-19)11(2)33-26(41)21(43-27(10)42)12-5-3-6-12/h4,7-8,10-12,14,18,20-21,37-38H,3,5-6,9H2,1-2H3,(H,33,41)(H,34,39)(H,35,40)/t10-,11-,14+,18+,20+,21?/m1/s1. The summed E-state index contributed by atoms with van der Waals surface area (Å²) < 4.78 is 61.9. The molecular weight excluding hydrogens is 582 g/mol. The maximum absolute atomic E-state index is 14.6. The Balaban J connectivity index is 1.73. The maximum Gasteiger partial charge on any atom is 0.312 e. The number of hydrogen-bond donors (Lipinski definition) is 5. The number of pyridine rings is 2. The number of ether oxygens (including phenoxy) is 1. The van der Waals surface area contributed by atoms with Crippen LogP contribution in [0, 0.1) is 35.4 Å². The average Bonchev–Trinajstić information content (AvgIpc) is 2.93. The van der Waals surface area contributed by atoms with Crippen LogP contribution in [-0.2, 0) is 25.5 Å². The number of carbonyl (C=O) groups excluding carboxylic acids is 4. The van der Waals surface area contributed by atoms with Gasteiger partial charge in [0.05, 0.1) is 24.1 Å². The van der Waals surface area contributed by atoms with Crippen LogP contribution >= 0.6 is 0 Å². The van der Waals surface area contributed by atoms with Gasteiger partial charge in [-0.25, -0.2) is 9.37 Å². The van der Waals surface area contributed by atoms with Gasteiger partial charge in [-0.2, -0.15) is 18.2 Å². The number of cyclic esters (lactones) is 1. The Kier molecular flexibility index (Phi) is 9.47. The van der Waals surface area contributed by atoms with Crippen LogP contribution in [-0.4, -0.2) is 74.2 Å². The van der Waals surface area contributed by atoms with Crippen molar-refractivity contribution in [3.63, 3.8) is 0 Å². The van der Waals surface area contributed by atoms with Crippen LogP contribution in [0.25, 0.3) is 0 Å². The first-order valence-electron chi connectivity index (χ1n) is 13.4. The number of rotatable bonds is 5.